The summed E-state index contributed by atoms with van der Waals surface area (Å²) >= 11 is 0. The third kappa shape index (κ3) is 85.4. The number of ether oxygens (including phenoxy) is 3. The highest BCUT2D eigenvalue weighted by molar-refractivity contribution is 7.47. The van der Waals surface area contributed by atoms with Gasteiger partial charge in [0.1, 0.15) is 25.4 Å². The van der Waals surface area contributed by atoms with Crippen LogP contribution in [0.25, 0.3) is 0 Å². The first-order chi connectivity index (χ1) is 54.2. The summed E-state index contributed by atoms with van der Waals surface area (Å²) in [6, 6.07) is 0. The highest BCUT2D eigenvalue weighted by Crippen LogP contribution is 2.45. The van der Waals surface area contributed by atoms with Crippen molar-refractivity contribution in [2.45, 2.75) is 347 Å². The highest BCUT2D eigenvalue weighted by atomic mass is 31.2. The molecule has 0 amide bonds. The van der Waals surface area contributed by atoms with Crippen molar-refractivity contribution in [3.8, 4) is 0 Å². The number of phosphoric acid groups is 2. The van der Waals surface area contributed by atoms with E-state index in [-0.39, 0.29) is 19.3 Å². The Morgan fingerprint density at radius 1 is 0.261 bits per heavy atom. The molecule has 0 saturated carbocycles. The van der Waals surface area contributed by atoms with Crippen LogP contribution in [0.1, 0.15) is 329 Å². The van der Waals surface area contributed by atoms with Crippen LogP contribution >= 0.6 is 15.6 Å². The number of allylic oxidation sites excluding steroid dienone is 30. The fourth-order valence-electron chi connectivity index (χ4n) is 11.1. The van der Waals surface area contributed by atoms with E-state index < -0.39 is 91.5 Å². The van der Waals surface area contributed by atoms with Crippen molar-refractivity contribution >= 4 is 33.6 Å². The number of hydrogen-bond acceptors (Lipinski definition) is 14. The average molecular weight is 1590 g/mol. The van der Waals surface area contributed by atoms with E-state index in [9.17, 15) is 43.5 Å². The van der Waals surface area contributed by atoms with Crippen LogP contribution < -0.4 is 0 Å². The van der Waals surface area contributed by atoms with Crippen molar-refractivity contribution in [1.82, 2.24) is 0 Å². The Balaban J connectivity index is 4.63. The van der Waals surface area contributed by atoms with Crippen LogP contribution in [0, 0.1) is 0 Å². The minimum Gasteiger partial charge on any atom is -0.463 e. The van der Waals surface area contributed by atoms with Crippen LogP contribution in [-0.4, -0.2) is 95.9 Å². The Morgan fingerprint density at radius 3 is 0.757 bits per heavy atom. The number of phosphoric ester groups is 2. The van der Waals surface area contributed by atoms with Crippen LogP contribution in [0.5, 0.6) is 0 Å². The number of hydrogen-bond donors (Lipinski definition) is 4. The molecular weight excluding hydrogens is 1430 g/mol. The molecule has 5 atom stereocenters. The van der Waals surface area contributed by atoms with Gasteiger partial charge in [0.15, 0.2) is 6.10 Å². The zero-order chi connectivity index (χ0) is 80.8. The summed E-state index contributed by atoms with van der Waals surface area (Å²) in [6.45, 7) is 2.40. The number of unbranched alkanes of at least 4 members (excludes halogenated alkanes) is 27. The van der Waals surface area contributed by atoms with Gasteiger partial charge in [0.05, 0.1) is 26.4 Å². The van der Waals surface area contributed by atoms with Crippen LogP contribution in [0.3, 0.4) is 0 Å². The molecule has 0 aromatic rings. The maximum atomic E-state index is 13.0. The Labute approximate surface area is 675 Å². The second-order valence-corrected chi connectivity index (χ2v) is 31.1. The van der Waals surface area contributed by atoms with Gasteiger partial charge in [-0.25, -0.2) is 9.13 Å². The first-order valence-corrected chi connectivity index (χ1v) is 46.1. The highest BCUT2D eigenvalue weighted by Gasteiger charge is 2.29. The summed E-state index contributed by atoms with van der Waals surface area (Å²) in [6.07, 6.45) is 109. The summed E-state index contributed by atoms with van der Waals surface area (Å²) in [4.78, 5) is 58.9. The summed E-state index contributed by atoms with van der Waals surface area (Å²) in [5.74, 6) is -1.61. The van der Waals surface area contributed by atoms with Crippen LogP contribution in [-0.2, 0) is 55.8 Å². The minimum atomic E-state index is -4.95. The van der Waals surface area contributed by atoms with Gasteiger partial charge >= 0.3 is 33.6 Å². The van der Waals surface area contributed by atoms with E-state index in [0.717, 1.165) is 199 Å². The molecule has 111 heavy (non-hydrogen) atoms. The first-order valence-electron chi connectivity index (χ1n) is 43.1. The van der Waals surface area contributed by atoms with E-state index in [4.69, 9.17) is 32.3 Å². The molecule has 5 unspecified atom stereocenters. The molecular formula is C93H154O16P2. The van der Waals surface area contributed by atoms with E-state index >= 15 is 0 Å². The Morgan fingerprint density at radius 2 is 0.477 bits per heavy atom. The largest absolute Gasteiger partial charge is 0.472 e. The molecule has 16 nitrogen and oxygen atoms in total. The number of rotatable bonds is 80. The van der Waals surface area contributed by atoms with E-state index in [2.05, 4.69) is 203 Å². The molecule has 0 aliphatic rings. The van der Waals surface area contributed by atoms with E-state index in [0.29, 0.717) is 19.3 Å². The van der Waals surface area contributed by atoms with Gasteiger partial charge < -0.3 is 34.2 Å². The Bertz CT molecular complexity index is 2750. The first kappa shape index (κ1) is 106. The van der Waals surface area contributed by atoms with Crippen molar-refractivity contribution in [3.63, 3.8) is 0 Å². The molecule has 0 aromatic carbocycles. The lowest BCUT2D eigenvalue weighted by atomic mass is 10.0. The lowest BCUT2D eigenvalue weighted by Gasteiger charge is -2.21. The van der Waals surface area contributed by atoms with Gasteiger partial charge in [-0.15, -0.1) is 0 Å². The summed E-state index contributed by atoms with van der Waals surface area (Å²) < 4.78 is 61.3. The van der Waals surface area contributed by atoms with Gasteiger partial charge in [-0.2, -0.15) is 0 Å². The molecule has 0 saturated heterocycles. The van der Waals surface area contributed by atoms with E-state index in [1.54, 1.807) is 0 Å². The molecule has 0 fully saturated rings. The van der Waals surface area contributed by atoms with Gasteiger partial charge in [-0.1, -0.05) is 331 Å². The predicted molar refractivity (Wildman–Crippen MR) is 463 cm³/mol. The molecule has 0 aromatic heterocycles. The Hall–Kier alpha value is -5.35. The molecule has 18 heteroatoms. The van der Waals surface area contributed by atoms with Crippen LogP contribution in [0.15, 0.2) is 182 Å². The smallest absolute Gasteiger partial charge is 0.463 e. The molecule has 0 bridgehead atoms. The second-order valence-electron chi connectivity index (χ2n) is 28.2. The van der Waals surface area contributed by atoms with Crippen molar-refractivity contribution in [1.29, 1.82) is 0 Å². The maximum absolute atomic E-state index is 13.0. The molecule has 0 heterocycles. The minimum absolute atomic E-state index is 0.0749. The number of aliphatic hydroxyl groups is 2. The molecule has 0 aliphatic carbocycles. The molecule has 0 spiro atoms. The zero-order valence-corrected chi connectivity index (χ0v) is 71.1. The normalized spacial score (nSPS) is 14.8. The van der Waals surface area contributed by atoms with Crippen LogP contribution in [0.4, 0.5) is 0 Å². The third-order valence-corrected chi connectivity index (χ3v) is 19.5. The number of carbonyl (C=O) groups excluding carboxylic acids is 3. The molecule has 0 aliphatic heterocycles. The lowest BCUT2D eigenvalue weighted by Crippen LogP contribution is -2.30. The standard InChI is InChI=1S/C93H154O16P2/c1-4-7-10-13-16-19-22-25-28-31-34-37-39-40-41-42-43-44-45-46-48-51-52-55-58-61-64-67-70-73-76-79-91(96)103-82-88(94)83-105-110(99,100)106-84-89(95)85-107-111(101,102)108-87-90(109-93(98)81-78-75-72-69-66-63-60-57-54-49-36-33-30-27-24-21-18-15-12-9-6-3)86-104-92(97)80-77-74-71-68-65-62-59-56-53-50-47-38-35-32-29-26-23-20-17-14-11-8-5-2/h7-8,10-11,16-21,25-30,34-38,40-41,43-44,49-50,53,57,60,88-90,94-95H,4-6,9,12-15,22-24,31-33,39,42,45-48,51-52,54-56,58-59,61-87H2,1-3H3,(H,99,100)(H,101,102)/b10-7-,11-8-,19-16-,20-17-,21-18-,28-25-,29-26-,30-27-,37-34-,38-35-,41-40-,44-43-,49-36-,53-50-,60-57-. The van der Waals surface area contributed by atoms with Crippen molar-refractivity contribution in [2.75, 3.05) is 39.6 Å². The summed E-state index contributed by atoms with van der Waals surface area (Å²) in [5.41, 5.74) is 0. The van der Waals surface area contributed by atoms with Crippen molar-refractivity contribution in [3.05, 3.63) is 182 Å². The van der Waals surface area contributed by atoms with Gasteiger partial charge in [-0.3, -0.25) is 32.5 Å². The molecule has 0 radical (unpaired) electrons. The van der Waals surface area contributed by atoms with Crippen molar-refractivity contribution in [2.24, 2.45) is 0 Å². The van der Waals surface area contributed by atoms with E-state index in [1.807, 2.05) is 0 Å². The van der Waals surface area contributed by atoms with Crippen molar-refractivity contribution < 1.29 is 75.8 Å². The number of esters is 3. The van der Waals surface area contributed by atoms with Gasteiger partial charge in [-0.05, 0) is 161 Å². The number of carbonyl (C=O) groups is 3. The zero-order valence-electron chi connectivity index (χ0n) is 69.3. The monoisotopic (exact) mass is 1590 g/mol. The molecule has 632 valence electrons. The predicted octanol–water partition coefficient (Wildman–Crippen LogP) is 26.1. The quantitative estimate of drug-likeness (QED) is 0.0146. The molecule has 4 N–H and O–H groups in total. The summed E-state index contributed by atoms with van der Waals surface area (Å²) in [7, 11) is -9.82. The third-order valence-electron chi connectivity index (χ3n) is 17.6. The van der Waals surface area contributed by atoms with E-state index in [1.165, 1.54) is 70.6 Å². The van der Waals surface area contributed by atoms with Crippen LogP contribution in [0.2, 0.25) is 0 Å². The summed E-state index contributed by atoms with van der Waals surface area (Å²) in [5, 5.41) is 20.7. The SMILES string of the molecule is CC/C=C\C/C=C\C/C=C\C/C=C\C/C=C\C/C=C\CCCCCCCCCCCCCCC(=O)OCC(O)COP(=O)(O)OCC(O)COP(=O)(O)OCC(COC(=O)CCCCCCCCC/C=C\C/C=C\C/C=C\C/C=C\C/C=C\CC)OC(=O)CCCCCCC/C=C\C/C=C\C/C=C\C/C=C\CCCCC. The fraction of sp³-hybridized carbons (Fsp3) is 0.645. The average Bonchev–Trinajstić information content (AvgIpc) is 0.900. The molecule has 0 rings (SSSR count). The lowest BCUT2D eigenvalue weighted by molar-refractivity contribution is -0.161. The topological polar surface area (TPSA) is 231 Å². The van der Waals surface area contributed by atoms with Gasteiger partial charge in [0.2, 0.25) is 0 Å². The number of aliphatic hydroxyl groups excluding tert-OH is 2. The maximum Gasteiger partial charge on any atom is 0.472 e. The van der Waals surface area contributed by atoms with Gasteiger partial charge in [0, 0.05) is 19.3 Å². The Kier molecular flexibility index (Phi) is 80.0. The fourth-order valence-corrected chi connectivity index (χ4v) is 12.7. The van der Waals surface area contributed by atoms with Gasteiger partial charge in [0.25, 0.3) is 0 Å². The second kappa shape index (κ2) is 84.1.